The fraction of sp³-hybridized carbons (Fsp3) is 0.154. The van der Waals surface area contributed by atoms with E-state index in [0.717, 1.165) is 0 Å². The van der Waals surface area contributed by atoms with Gasteiger partial charge in [-0.3, -0.25) is 0 Å². The van der Waals surface area contributed by atoms with E-state index >= 15 is 0 Å². The minimum atomic E-state index is -0.834. The first kappa shape index (κ1) is 14.5. The zero-order chi connectivity index (χ0) is 14.5. The second-order valence-electron chi connectivity index (χ2n) is 3.96. The van der Waals surface area contributed by atoms with Crippen LogP contribution in [-0.4, -0.2) is 21.6 Å². The van der Waals surface area contributed by atoms with Crippen molar-refractivity contribution in [3.8, 4) is 6.07 Å². The average Bonchev–Trinajstić information content (AvgIpc) is 2.44. The molecule has 0 saturated carbocycles. The summed E-state index contributed by atoms with van der Waals surface area (Å²) in [6, 6.07) is 6.76. The molecule has 1 aromatic carbocycles. The fourth-order valence-electron chi connectivity index (χ4n) is 1.63. The third-order valence-corrected chi connectivity index (χ3v) is 2.97. The van der Waals surface area contributed by atoms with Gasteiger partial charge >= 0.3 is 0 Å². The molecule has 2 N–H and O–H groups in total. The Hall–Kier alpha value is -1.87. The van der Waals surface area contributed by atoms with Gasteiger partial charge in [0, 0.05) is 29.0 Å². The van der Waals surface area contributed by atoms with E-state index in [9.17, 15) is 5.11 Å². The van der Waals surface area contributed by atoms with Gasteiger partial charge in [-0.1, -0.05) is 23.2 Å². The first-order valence-electron chi connectivity index (χ1n) is 5.69. The quantitative estimate of drug-likeness (QED) is 0.907. The first-order valence-corrected chi connectivity index (χ1v) is 6.45. The van der Waals surface area contributed by atoms with Gasteiger partial charge in [-0.2, -0.15) is 5.26 Å². The molecule has 0 bridgehead atoms. The van der Waals surface area contributed by atoms with Gasteiger partial charge in [0.15, 0.2) is 11.5 Å². The van der Waals surface area contributed by atoms with E-state index in [4.69, 9.17) is 28.5 Å². The Balaban J connectivity index is 2.09. The van der Waals surface area contributed by atoms with Gasteiger partial charge in [0.05, 0.1) is 6.10 Å². The Kier molecular flexibility index (Phi) is 4.74. The van der Waals surface area contributed by atoms with Crippen LogP contribution in [0.15, 0.2) is 30.6 Å². The van der Waals surface area contributed by atoms with Gasteiger partial charge in [0.2, 0.25) is 0 Å². The molecule has 1 aromatic heterocycles. The smallest absolute Gasteiger partial charge is 0.182 e. The lowest BCUT2D eigenvalue weighted by Gasteiger charge is -2.13. The lowest BCUT2D eigenvalue weighted by Crippen LogP contribution is -2.14. The van der Waals surface area contributed by atoms with Gasteiger partial charge in [0.1, 0.15) is 6.07 Å². The van der Waals surface area contributed by atoms with Gasteiger partial charge < -0.3 is 10.4 Å². The number of nitrogens with one attached hydrogen (secondary N) is 1. The normalized spacial score (nSPS) is 11.7. The molecule has 0 fully saturated rings. The molecule has 1 unspecified atom stereocenters. The molecule has 1 atom stereocenters. The van der Waals surface area contributed by atoms with Crippen LogP contribution in [0.1, 0.15) is 17.4 Å². The molecule has 0 amide bonds. The number of halogens is 2. The van der Waals surface area contributed by atoms with Crippen LogP contribution in [0.5, 0.6) is 0 Å². The summed E-state index contributed by atoms with van der Waals surface area (Å²) in [5.41, 5.74) is 0.751. The van der Waals surface area contributed by atoms with Crippen LogP contribution in [0.2, 0.25) is 10.0 Å². The van der Waals surface area contributed by atoms with Crippen LogP contribution in [-0.2, 0) is 0 Å². The third kappa shape index (κ3) is 3.58. The van der Waals surface area contributed by atoms with Crippen molar-refractivity contribution in [2.45, 2.75) is 6.10 Å². The summed E-state index contributed by atoms with van der Waals surface area (Å²) in [6.07, 6.45) is 2.06. The molecular formula is C13H10Cl2N4O. The van der Waals surface area contributed by atoms with Crippen molar-refractivity contribution >= 4 is 29.0 Å². The lowest BCUT2D eigenvalue weighted by atomic mass is 10.1. The molecule has 1 heterocycles. The second-order valence-corrected chi connectivity index (χ2v) is 4.84. The Bertz CT molecular complexity index is 637. The number of aliphatic hydroxyl groups excluding tert-OH is 1. The zero-order valence-electron chi connectivity index (χ0n) is 10.2. The molecule has 0 radical (unpaired) electrons. The van der Waals surface area contributed by atoms with Crippen LogP contribution in [0.3, 0.4) is 0 Å². The van der Waals surface area contributed by atoms with Crippen molar-refractivity contribution in [1.82, 2.24) is 9.97 Å². The van der Waals surface area contributed by atoms with Crippen molar-refractivity contribution in [3.63, 3.8) is 0 Å². The van der Waals surface area contributed by atoms with Gasteiger partial charge in [0.25, 0.3) is 0 Å². The van der Waals surface area contributed by atoms with E-state index in [1.54, 1.807) is 18.2 Å². The van der Waals surface area contributed by atoms with Crippen LogP contribution < -0.4 is 5.32 Å². The summed E-state index contributed by atoms with van der Waals surface area (Å²) in [6.45, 7) is 0.157. The van der Waals surface area contributed by atoms with Crippen molar-refractivity contribution in [3.05, 3.63) is 51.9 Å². The van der Waals surface area contributed by atoms with E-state index in [0.29, 0.717) is 21.4 Å². The first-order chi connectivity index (χ1) is 9.60. The molecule has 2 rings (SSSR count). The number of anilines is 1. The minimum Gasteiger partial charge on any atom is -0.387 e. The summed E-state index contributed by atoms with van der Waals surface area (Å²) in [5.74, 6) is 0.321. The number of nitrogens with zero attached hydrogens (tertiary/aromatic N) is 3. The Morgan fingerprint density at radius 2 is 1.85 bits per heavy atom. The molecule has 0 saturated heterocycles. The predicted molar refractivity (Wildman–Crippen MR) is 76.7 cm³/mol. The molecule has 2 aromatic rings. The van der Waals surface area contributed by atoms with E-state index < -0.39 is 6.10 Å². The van der Waals surface area contributed by atoms with Crippen LogP contribution in [0, 0.1) is 11.3 Å². The molecule has 102 valence electrons. The summed E-state index contributed by atoms with van der Waals surface area (Å²) in [7, 11) is 0. The van der Waals surface area contributed by atoms with Gasteiger partial charge in [-0.15, -0.1) is 0 Å². The largest absolute Gasteiger partial charge is 0.387 e. The predicted octanol–water partition coefficient (Wildman–Crippen LogP) is 2.80. The van der Waals surface area contributed by atoms with Crippen molar-refractivity contribution in [1.29, 1.82) is 5.26 Å². The molecule has 7 heteroatoms. The maximum atomic E-state index is 10.1. The number of hydrogen-bond acceptors (Lipinski definition) is 5. The highest BCUT2D eigenvalue weighted by molar-refractivity contribution is 6.34. The van der Waals surface area contributed by atoms with Crippen molar-refractivity contribution in [2.75, 3.05) is 11.9 Å². The van der Waals surface area contributed by atoms with E-state index in [2.05, 4.69) is 15.3 Å². The standard InChI is InChI=1S/C13H10Cl2N4O/c14-9-3-8(4-10(15)5-9)12(20)7-19-13-11(6-16)17-1-2-18-13/h1-5,12,20H,7H2,(H,18,19). The summed E-state index contributed by atoms with van der Waals surface area (Å²) < 4.78 is 0. The molecule has 0 aliphatic carbocycles. The summed E-state index contributed by atoms with van der Waals surface area (Å²) >= 11 is 11.8. The number of rotatable bonds is 4. The molecule has 5 nitrogen and oxygen atoms in total. The fourth-order valence-corrected chi connectivity index (χ4v) is 2.17. The SMILES string of the molecule is N#Cc1nccnc1NCC(O)c1cc(Cl)cc(Cl)c1. The number of nitriles is 1. The Morgan fingerprint density at radius 1 is 1.20 bits per heavy atom. The lowest BCUT2D eigenvalue weighted by molar-refractivity contribution is 0.191. The molecule has 0 aliphatic heterocycles. The third-order valence-electron chi connectivity index (χ3n) is 2.54. The van der Waals surface area contributed by atoms with E-state index in [1.807, 2.05) is 6.07 Å². The average molecular weight is 309 g/mol. The molecular weight excluding hydrogens is 299 g/mol. The number of aromatic nitrogens is 2. The molecule has 0 aliphatic rings. The summed E-state index contributed by atoms with van der Waals surface area (Å²) in [4.78, 5) is 7.86. The van der Waals surface area contributed by atoms with E-state index in [-0.39, 0.29) is 12.2 Å². The Morgan fingerprint density at radius 3 is 2.50 bits per heavy atom. The number of aliphatic hydroxyl groups is 1. The minimum absolute atomic E-state index is 0.157. The topological polar surface area (TPSA) is 81.8 Å². The van der Waals surface area contributed by atoms with Gasteiger partial charge in [-0.25, -0.2) is 9.97 Å². The van der Waals surface area contributed by atoms with Crippen LogP contribution >= 0.6 is 23.2 Å². The van der Waals surface area contributed by atoms with Gasteiger partial charge in [-0.05, 0) is 23.8 Å². The van der Waals surface area contributed by atoms with Crippen LogP contribution in [0.25, 0.3) is 0 Å². The molecule has 0 spiro atoms. The zero-order valence-corrected chi connectivity index (χ0v) is 11.7. The van der Waals surface area contributed by atoms with Crippen LogP contribution in [0.4, 0.5) is 5.82 Å². The monoisotopic (exact) mass is 308 g/mol. The molecule has 20 heavy (non-hydrogen) atoms. The van der Waals surface area contributed by atoms with Crippen molar-refractivity contribution < 1.29 is 5.11 Å². The highest BCUT2D eigenvalue weighted by atomic mass is 35.5. The Labute approximate surface area is 125 Å². The van der Waals surface area contributed by atoms with Crippen molar-refractivity contribution in [2.24, 2.45) is 0 Å². The highest BCUT2D eigenvalue weighted by Gasteiger charge is 2.11. The maximum absolute atomic E-state index is 10.1. The number of hydrogen-bond donors (Lipinski definition) is 2. The van der Waals surface area contributed by atoms with E-state index in [1.165, 1.54) is 12.4 Å². The highest BCUT2D eigenvalue weighted by Crippen LogP contribution is 2.23. The maximum Gasteiger partial charge on any atom is 0.182 e. The summed E-state index contributed by atoms with van der Waals surface area (Å²) in [5, 5.41) is 22.7. The second kappa shape index (κ2) is 6.53. The number of benzene rings is 1.